The van der Waals surface area contributed by atoms with Crippen molar-refractivity contribution >= 4 is 17.1 Å². The highest BCUT2D eigenvalue weighted by atomic mass is 16.7. The number of piperidine rings is 3. The van der Waals surface area contributed by atoms with Gasteiger partial charge in [-0.2, -0.15) is 0 Å². The number of benzene rings is 1. The summed E-state index contributed by atoms with van der Waals surface area (Å²) >= 11 is 0. The van der Waals surface area contributed by atoms with E-state index in [2.05, 4.69) is 41.6 Å². The van der Waals surface area contributed by atoms with Gasteiger partial charge in [0.1, 0.15) is 11.9 Å². The van der Waals surface area contributed by atoms with Crippen molar-refractivity contribution in [1.82, 2.24) is 9.88 Å². The summed E-state index contributed by atoms with van der Waals surface area (Å²) in [6, 6.07) is 7.86. The summed E-state index contributed by atoms with van der Waals surface area (Å²) in [6.07, 6.45) is 11.9. The highest BCUT2D eigenvalue weighted by Gasteiger charge is 2.44. The van der Waals surface area contributed by atoms with E-state index in [4.69, 9.17) is 14.2 Å². The van der Waals surface area contributed by atoms with Crippen LogP contribution in [0, 0.1) is 11.8 Å². The van der Waals surface area contributed by atoms with Crippen LogP contribution in [0.25, 0.3) is 10.9 Å². The molecule has 1 aromatic carbocycles. The molecule has 6 nitrogen and oxygen atoms in total. The predicted molar refractivity (Wildman–Crippen MR) is 134 cm³/mol. The van der Waals surface area contributed by atoms with Crippen molar-refractivity contribution in [2.45, 2.75) is 51.2 Å². The van der Waals surface area contributed by atoms with Gasteiger partial charge in [0.05, 0.1) is 25.3 Å². The Morgan fingerprint density at radius 3 is 2.88 bits per heavy atom. The number of unbranched alkanes of at least 4 members (excludes halogenated alkanes) is 1. The summed E-state index contributed by atoms with van der Waals surface area (Å²) in [5.74, 6) is 1.79. The Kier molecular flexibility index (Phi) is 8.22. The van der Waals surface area contributed by atoms with Crippen LogP contribution in [0.4, 0.5) is 4.79 Å². The Morgan fingerprint density at radius 2 is 2.15 bits per heavy atom. The number of pyridine rings is 1. The number of methoxy groups -OCH3 is 1. The van der Waals surface area contributed by atoms with Crippen LogP contribution in [-0.2, 0) is 9.47 Å². The van der Waals surface area contributed by atoms with Gasteiger partial charge in [-0.1, -0.05) is 31.6 Å². The summed E-state index contributed by atoms with van der Waals surface area (Å²) in [6.45, 7) is 8.44. The molecule has 5 atom stereocenters. The van der Waals surface area contributed by atoms with Crippen LogP contribution in [0.2, 0.25) is 0 Å². The van der Waals surface area contributed by atoms with Gasteiger partial charge in [-0.15, -0.1) is 6.58 Å². The van der Waals surface area contributed by atoms with E-state index < -0.39 is 12.3 Å². The Balaban J connectivity index is 1.59. The molecule has 5 rings (SSSR count). The first kappa shape index (κ1) is 24.3. The summed E-state index contributed by atoms with van der Waals surface area (Å²) in [7, 11) is 1.65. The summed E-state index contributed by atoms with van der Waals surface area (Å²) in [5, 5.41) is 0.935. The molecule has 3 saturated heterocycles. The molecule has 0 amide bonds. The lowest BCUT2D eigenvalue weighted by Gasteiger charge is -2.51. The van der Waals surface area contributed by atoms with Gasteiger partial charge in [0.15, 0.2) is 0 Å². The fraction of sp³-hybridized carbons (Fsp3) is 0.500. The second-order valence-corrected chi connectivity index (χ2v) is 9.22. The van der Waals surface area contributed by atoms with Crippen LogP contribution in [0.3, 0.4) is 0 Å². The number of hydrogen-bond acceptors (Lipinski definition) is 6. The highest BCUT2D eigenvalue weighted by molar-refractivity contribution is 5.84. The van der Waals surface area contributed by atoms with E-state index in [0.29, 0.717) is 24.9 Å². The fourth-order valence-electron chi connectivity index (χ4n) is 5.31. The lowest BCUT2D eigenvalue weighted by atomic mass is 9.73. The number of carbonyl (C=O) groups excluding carboxylic acids is 1. The lowest BCUT2D eigenvalue weighted by Crippen LogP contribution is -2.55. The molecule has 2 bridgehead atoms. The minimum atomic E-state index is -0.621. The number of allylic oxidation sites excluding steroid dienone is 1. The largest absolute Gasteiger partial charge is 0.508 e. The number of ether oxygens (including phenoxy) is 3. The van der Waals surface area contributed by atoms with Gasteiger partial charge in [-0.25, -0.2) is 4.79 Å². The molecule has 3 aliphatic rings. The Morgan fingerprint density at radius 1 is 1.29 bits per heavy atom. The number of aromatic nitrogens is 1. The van der Waals surface area contributed by atoms with E-state index in [-0.39, 0.29) is 6.04 Å². The van der Waals surface area contributed by atoms with Crippen LogP contribution in [-0.4, -0.2) is 48.9 Å². The fourth-order valence-corrected chi connectivity index (χ4v) is 5.31. The number of nitrogens with zero attached hydrogens (tertiary/aromatic N) is 2. The van der Waals surface area contributed by atoms with E-state index in [1.165, 1.54) is 0 Å². The van der Waals surface area contributed by atoms with Gasteiger partial charge in [0.2, 0.25) is 0 Å². The Labute approximate surface area is 202 Å². The van der Waals surface area contributed by atoms with Crippen LogP contribution in [0.1, 0.15) is 50.7 Å². The maximum atomic E-state index is 12.8. The zero-order valence-electron chi connectivity index (χ0n) is 20.3. The zero-order chi connectivity index (χ0) is 23.9. The second-order valence-electron chi connectivity index (χ2n) is 9.22. The Bertz CT molecular complexity index is 1020. The molecule has 34 heavy (non-hydrogen) atoms. The molecule has 182 valence electrons. The number of hydrogen-bond donors (Lipinski definition) is 0. The van der Waals surface area contributed by atoms with Crippen molar-refractivity contribution in [1.29, 1.82) is 0 Å². The first-order chi connectivity index (χ1) is 16.6. The molecular weight excluding hydrogens is 428 g/mol. The summed E-state index contributed by atoms with van der Waals surface area (Å²) in [5.41, 5.74) is 1.79. The molecule has 0 aliphatic carbocycles. The molecule has 6 heteroatoms. The van der Waals surface area contributed by atoms with Gasteiger partial charge in [-0.05, 0) is 68.3 Å². The minimum Gasteiger partial charge on any atom is -0.497 e. The summed E-state index contributed by atoms with van der Waals surface area (Å²) in [4.78, 5) is 19.8. The Hall–Kier alpha value is -2.86. The summed E-state index contributed by atoms with van der Waals surface area (Å²) < 4.78 is 17.0. The van der Waals surface area contributed by atoms with Crippen LogP contribution in [0.5, 0.6) is 5.75 Å². The molecule has 1 unspecified atom stereocenters. The van der Waals surface area contributed by atoms with Gasteiger partial charge in [-0.3, -0.25) is 9.88 Å². The minimum absolute atomic E-state index is 0.0868. The van der Waals surface area contributed by atoms with Crippen molar-refractivity contribution in [3.8, 4) is 5.75 Å². The van der Waals surface area contributed by atoms with Crippen LogP contribution < -0.4 is 4.74 Å². The molecule has 0 radical (unpaired) electrons. The molecule has 3 fully saturated rings. The third-order valence-electron chi connectivity index (χ3n) is 7.14. The first-order valence-corrected chi connectivity index (χ1v) is 12.4. The topological polar surface area (TPSA) is 60.9 Å². The van der Waals surface area contributed by atoms with Crippen molar-refractivity contribution in [2.75, 3.05) is 26.8 Å². The number of carbonyl (C=O) groups is 1. The average molecular weight is 465 g/mol. The molecule has 1 aromatic heterocycles. The molecule has 0 saturated carbocycles. The smallest absolute Gasteiger partial charge is 0.497 e. The molecular formula is C28H36N2O4. The molecule has 0 spiro atoms. The van der Waals surface area contributed by atoms with Crippen LogP contribution >= 0.6 is 0 Å². The molecule has 2 aromatic rings. The predicted octanol–water partition coefficient (Wildman–Crippen LogP) is 6.08. The van der Waals surface area contributed by atoms with Gasteiger partial charge >= 0.3 is 6.16 Å². The monoisotopic (exact) mass is 464 g/mol. The average Bonchev–Trinajstić information content (AvgIpc) is 2.88. The zero-order valence-corrected chi connectivity index (χ0v) is 20.3. The van der Waals surface area contributed by atoms with E-state index in [1.807, 2.05) is 24.3 Å². The molecule has 0 N–H and O–H groups in total. The highest BCUT2D eigenvalue weighted by Crippen LogP contribution is 2.43. The quantitative estimate of drug-likeness (QED) is 0.241. The van der Waals surface area contributed by atoms with E-state index in [9.17, 15) is 4.79 Å². The van der Waals surface area contributed by atoms with Gasteiger partial charge in [0.25, 0.3) is 0 Å². The third kappa shape index (κ3) is 5.44. The van der Waals surface area contributed by atoms with E-state index >= 15 is 0 Å². The second kappa shape index (κ2) is 11.5. The molecule has 4 heterocycles. The van der Waals surface area contributed by atoms with Crippen LogP contribution in [0.15, 0.2) is 55.3 Å². The maximum absolute atomic E-state index is 12.8. The van der Waals surface area contributed by atoms with Gasteiger partial charge in [0, 0.05) is 23.7 Å². The van der Waals surface area contributed by atoms with Crippen molar-refractivity contribution in [2.24, 2.45) is 11.8 Å². The van der Waals surface area contributed by atoms with Gasteiger partial charge < -0.3 is 14.2 Å². The van der Waals surface area contributed by atoms with E-state index in [0.717, 1.165) is 61.0 Å². The van der Waals surface area contributed by atoms with Crippen molar-refractivity contribution in [3.05, 3.63) is 60.8 Å². The maximum Gasteiger partial charge on any atom is 0.508 e. The first-order valence-electron chi connectivity index (χ1n) is 12.4. The van der Waals surface area contributed by atoms with Crippen molar-refractivity contribution in [3.63, 3.8) is 0 Å². The van der Waals surface area contributed by atoms with Crippen molar-refractivity contribution < 1.29 is 19.0 Å². The normalized spacial score (nSPS) is 24.8. The lowest BCUT2D eigenvalue weighted by molar-refractivity contribution is -0.0656. The number of fused-ring (bicyclic) bond motifs is 4. The molecule has 3 aliphatic heterocycles. The SMILES string of the molecule is C=C[C@H]1CN2CC[C@H]1C[C@H]2[C@H](OC(=O)OCCC=CCCC)c1ccnc2ccc(OC)cc12. The third-order valence-corrected chi connectivity index (χ3v) is 7.14. The standard InChI is InChI=1S/C28H36N2O4/c1-4-6-7-8-9-16-33-28(31)34-27(26-17-21-13-15-30(26)19-20(21)5-2)23-12-14-29-25-11-10-22(32-3)18-24(23)25/h5,7-8,10-12,14,18,20-21,26-27H,2,4,6,9,13,15-17,19H2,1,3H3/t20-,21-,26-,27+/m0/s1. The van der Waals surface area contributed by atoms with E-state index in [1.54, 1.807) is 13.3 Å². The number of rotatable bonds is 10.